The predicted molar refractivity (Wildman–Crippen MR) is 106 cm³/mol. The van der Waals surface area contributed by atoms with Gasteiger partial charge in [-0.05, 0) is 98.4 Å². The quantitative estimate of drug-likeness (QED) is 0.307. The molecule has 0 aliphatic heterocycles. The molecule has 0 radical (unpaired) electrons. The molecule has 0 spiro atoms. The van der Waals surface area contributed by atoms with Crippen molar-refractivity contribution < 1.29 is 14.7 Å². The first-order chi connectivity index (χ1) is 12.8. The van der Waals surface area contributed by atoms with Crippen LogP contribution in [0.1, 0.15) is 79.1 Å². The molecule has 0 saturated heterocycles. The van der Waals surface area contributed by atoms with E-state index in [2.05, 4.69) is 25.1 Å². The minimum atomic E-state index is -0.129. The van der Waals surface area contributed by atoms with E-state index < -0.39 is 0 Å². The number of oxime groups is 1. The van der Waals surface area contributed by atoms with Crippen molar-refractivity contribution in [1.29, 1.82) is 0 Å². The SMILES string of the molecule is CC(=O)OC1CCC2(C)C3CCC4(C)C(/C(C)=N\O)=CCC4C3CC[C@H]2C1. The Morgan fingerprint density at radius 3 is 2.63 bits per heavy atom. The molecule has 0 aromatic carbocycles. The van der Waals surface area contributed by atoms with Crippen LogP contribution in [0.25, 0.3) is 0 Å². The summed E-state index contributed by atoms with van der Waals surface area (Å²) < 4.78 is 5.58. The fraction of sp³-hybridized carbons (Fsp3) is 0.826. The maximum absolute atomic E-state index is 11.4. The van der Waals surface area contributed by atoms with Gasteiger partial charge in [-0.15, -0.1) is 0 Å². The van der Waals surface area contributed by atoms with Gasteiger partial charge in [0.15, 0.2) is 0 Å². The average molecular weight is 374 g/mol. The molecule has 4 aliphatic carbocycles. The third kappa shape index (κ3) is 2.86. The molecule has 0 aromatic rings. The Balaban J connectivity index is 1.54. The molecular weight excluding hydrogens is 338 g/mol. The number of nitrogens with zero attached hydrogens (tertiary/aromatic N) is 1. The van der Waals surface area contributed by atoms with Crippen LogP contribution >= 0.6 is 0 Å². The zero-order valence-corrected chi connectivity index (χ0v) is 17.3. The highest BCUT2D eigenvalue weighted by molar-refractivity contribution is 5.99. The highest BCUT2D eigenvalue weighted by Gasteiger charge is 2.59. The van der Waals surface area contributed by atoms with E-state index in [9.17, 15) is 10.0 Å². The third-order valence-corrected chi connectivity index (χ3v) is 9.07. The van der Waals surface area contributed by atoms with Gasteiger partial charge in [-0.25, -0.2) is 0 Å². The first kappa shape index (κ1) is 19.0. The van der Waals surface area contributed by atoms with E-state index in [4.69, 9.17) is 4.74 Å². The first-order valence-corrected chi connectivity index (χ1v) is 10.9. The van der Waals surface area contributed by atoms with Crippen LogP contribution in [0.2, 0.25) is 0 Å². The molecule has 0 amide bonds. The summed E-state index contributed by atoms with van der Waals surface area (Å²) in [6.07, 6.45) is 11.9. The monoisotopic (exact) mass is 373 g/mol. The topological polar surface area (TPSA) is 58.9 Å². The average Bonchev–Trinajstić information content (AvgIpc) is 2.98. The zero-order chi connectivity index (χ0) is 19.4. The van der Waals surface area contributed by atoms with E-state index in [1.54, 1.807) is 0 Å². The Kier molecular flexibility index (Phi) is 4.67. The summed E-state index contributed by atoms with van der Waals surface area (Å²) in [5.74, 6) is 2.81. The van der Waals surface area contributed by atoms with E-state index in [-0.39, 0.29) is 17.5 Å². The van der Waals surface area contributed by atoms with Crippen LogP contribution in [0.4, 0.5) is 0 Å². The summed E-state index contributed by atoms with van der Waals surface area (Å²) >= 11 is 0. The molecule has 6 unspecified atom stereocenters. The molecule has 4 nitrogen and oxygen atoms in total. The number of ether oxygens (including phenoxy) is 1. The molecule has 1 N–H and O–H groups in total. The van der Waals surface area contributed by atoms with Crippen LogP contribution in [0.5, 0.6) is 0 Å². The Hall–Kier alpha value is -1.32. The van der Waals surface area contributed by atoms with Crippen LogP contribution in [-0.2, 0) is 9.53 Å². The molecule has 0 bridgehead atoms. The molecule has 150 valence electrons. The van der Waals surface area contributed by atoms with Crippen molar-refractivity contribution in [1.82, 2.24) is 0 Å². The van der Waals surface area contributed by atoms with E-state index in [0.717, 1.165) is 36.8 Å². The number of esters is 1. The zero-order valence-electron chi connectivity index (χ0n) is 17.3. The summed E-state index contributed by atoms with van der Waals surface area (Å²) in [5, 5.41) is 12.9. The van der Waals surface area contributed by atoms with Crippen LogP contribution in [0, 0.1) is 34.5 Å². The summed E-state index contributed by atoms with van der Waals surface area (Å²) in [5.41, 5.74) is 2.67. The standard InChI is InChI=1S/C23H35NO3/c1-14(24-26)19-7-8-20-18-6-5-16-13-17(27-15(2)25)9-11-22(16,3)21(18)10-12-23(19,20)4/h7,16-18,20-21,26H,5-6,8-13H2,1-4H3/b24-14-/t16-,17?,18?,20?,21?,22?,23?/m0/s1. The van der Waals surface area contributed by atoms with Gasteiger partial charge < -0.3 is 9.94 Å². The van der Waals surface area contributed by atoms with Gasteiger partial charge in [-0.3, -0.25) is 4.79 Å². The number of allylic oxidation sites excluding steroid dienone is 2. The van der Waals surface area contributed by atoms with Crippen molar-refractivity contribution in [3.63, 3.8) is 0 Å². The highest BCUT2D eigenvalue weighted by atomic mass is 16.5. The fourth-order valence-electron chi connectivity index (χ4n) is 7.74. The second-order valence-corrected chi connectivity index (χ2v) is 10.2. The first-order valence-electron chi connectivity index (χ1n) is 10.9. The smallest absolute Gasteiger partial charge is 0.302 e. The Morgan fingerprint density at radius 1 is 1.15 bits per heavy atom. The van der Waals surface area contributed by atoms with Crippen molar-refractivity contribution >= 4 is 11.7 Å². The normalized spacial score (nSPS) is 46.7. The van der Waals surface area contributed by atoms with E-state index in [1.807, 2.05) is 6.92 Å². The largest absolute Gasteiger partial charge is 0.463 e. The number of rotatable bonds is 2. The van der Waals surface area contributed by atoms with Crippen molar-refractivity contribution in [2.75, 3.05) is 0 Å². The second-order valence-electron chi connectivity index (χ2n) is 10.2. The van der Waals surface area contributed by atoms with Crippen molar-refractivity contribution in [3.8, 4) is 0 Å². The van der Waals surface area contributed by atoms with Crippen LogP contribution < -0.4 is 0 Å². The molecular formula is C23H35NO3. The summed E-state index contributed by atoms with van der Waals surface area (Å²) in [4.78, 5) is 11.4. The minimum absolute atomic E-state index is 0.129. The van der Waals surface area contributed by atoms with Gasteiger partial charge >= 0.3 is 5.97 Å². The van der Waals surface area contributed by atoms with Gasteiger partial charge in [0, 0.05) is 6.92 Å². The molecule has 0 aromatic heterocycles. The van der Waals surface area contributed by atoms with Crippen LogP contribution in [-0.4, -0.2) is 23.0 Å². The molecule has 4 aliphatic rings. The molecule has 27 heavy (non-hydrogen) atoms. The predicted octanol–water partition coefficient (Wildman–Crippen LogP) is 5.35. The van der Waals surface area contributed by atoms with Crippen molar-refractivity contribution in [2.45, 2.75) is 85.2 Å². The lowest BCUT2D eigenvalue weighted by atomic mass is 9.44. The Morgan fingerprint density at radius 2 is 1.93 bits per heavy atom. The lowest BCUT2D eigenvalue weighted by Gasteiger charge is -2.60. The lowest BCUT2D eigenvalue weighted by Crippen LogP contribution is -2.54. The van der Waals surface area contributed by atoms with Gasteiger partial charge in [0.2, 0.25) is 0 Å². The third-order valence-electron chi connectivity index (χ3n) is 9.07. The molecule has 3 fully saturated rings. The van der Waals surface area contributed by atoms with Gasteiger partial charge in [-0.1, -0.05) is 25.1 Å². The van der Waals surface area contributed by atoms with Gasteiger partial charge in [-0.2, -0.15) is 0 Å². The molecule has 4 heteroatoms. The summed E-state index contributed by atoms with van der Waals surface area (Å²) in [7, 11) is 0. The number of fused-ring (bicyclic) bond motifs is 5. The van der Waals surface area contributed by atoms with Gasteiger partial charge in [0.05, 0.1) is 5.71 Å². The molecule has 0 heterocycles. The van der Waals surface area contributed by atoms with E-state index in [1.165, 1.54) is 44.6 Å². The molecule has 7 atom stereocenters. The number of carbonyl (C=O) groups is 1. The van der Waals surface area contributed by atoms with E-state index >= 15 is 0 Å². The maximum atomic E-state index is 11.4. The number of hydrogen-bond donors (Lipinski definition) is 1. The van der Waals surface area contributed by atoms with Crippen molar-refractivity contribution in [3.05, 3.63) is 11.6 Å². The lowest BCUT2D eigenvalue weighted by molar-refractivity contribution is -0.158. The van der Waals surface area contributed by atoms with E-state index in [0.29, 0.717) is 17.3 Å². The summed E-state index contributed by atoms with van der Waals surface area (Å²) in [6.45, 7) is 8.42. The highest BCUT2D eigenvalue weighted by Crippen LogP contribution is 2.66. The van der Waals surface area contributed by atoms with Gasteiger partial charge in [0.25, 0.3) is 0 Å². The number of carbonyl (C=O) groups excluding carboxylic acids is 1. The van der Waals surface area contributed by atoms with Crippen molar-refractivity contribution in [2.24, 2.45) is 39.7 Å². The Labute approximate surface area is 163 Å². The molecule has 4 rings (SSSR count). The minimum Gasteiger partial charge on any atom is -0.463 e. The van der Waals surface area contributed by atoms with Gasteiger partial charge in [0.1, 0.15) is 6.10 Å². The second kappa shape index (κ2) is 6.63. The van der Waals surface area contributed by atoms with Crippen LogP contribution in [0.15, 0.2) is 16.8 Å². The number of hydrogen-bond acceptors (Lipinski definition) is 4. The fourth-order valence-corrected chi connectivity index (χ4v) is 7.74. The molecule has 3 saturated carbocycles. The maximum Gasteiger partial charge on any atom is 0.302 e. The summed E-state index contributed by atoms with van der Waals surface area (Å²) in [6, 6.07) is 0. The van der Waals surface area contributed by atoms with Crippen LogP contribution in [0.3, 0.4) is 0 Å². The Bertz CT molecular complexity index is 683.